The Morgan fingerprint density at radius 1 is 0.857 bits per heavy atom. The van der Waals surface area contributed by atoms with Crippen molar-refractivity contribution in [3.05, 3.63) is 58.7 Å². The van der Waals surface area contributed by atoms with Gasteiger partial charge in [-0.1, -0.05) is 17.7 Å². The molecule has 0 aliphatic rings. The lowest BCUT2D eigenvalue weighted by Crippen LogP contribution is -2.20. The zero-order chi connectivity index (χ0) is 15.6. The molecular formula is C16H16F2N2S. The zero-order valence-electron chi connectivity index (χ0n) is 12.1. The van der Waals surface area contributed by atoms with Crippen molar-refractivity contribution >= 4 is 28.7 Å². The van der Waals surface area contributed by atoms with Crippen LogP contribution in [0.15, 0.2) is 30.3 Å². The van der Waals surface area contributed by atoms with E-state index in [0.29, 0.717) is 0 Å². The molecule has 2 nitrogen and oxygen atoms in total. The average molecular weight is 306 g/mol. The molecule has 0 atom stereocenters. The van der Waals surface area contributed by atoms with E-state index in [2.05, 4.69) is 10.6 Å². The third kappa shape index (κ3) is 3.98. The lowest BCUT2D eigenvalue weighted by Gasteiger charge is -2.15. The molecule has 0 fully saturated rings. The maximum atomic E-state index is 13.1. The summed E-state index contributed by atoms with van der Waals surface area (Å²) in [6.45, 7) is 5.98. The van der Waals surface area contributed by atoms with Crippen molar-refractivity contribution in [2.75, 3.05) is 10.6 Å². The van der Waals surface area contributed by atoms with Gasteiger partial charge in [0.2, 0.25) is 0 Å². The second kappa shape index (κ2) is 6.18. The monoisotopic (exact) mass is 306 g/mol. The Balaban J connectivity index is 2.15. The van der Waals surface area contributed by atoms with Gasteiger partial charge in [-0.15, -0.1) is 0 Å². The Hall–Kier alpha value is -2.01. The van der Waals surface area contributed by atoms with Crippen LogP contribution in [-0.4, -0.2) is 5.11 Å². The second-order valence-corrected chi connectivity index (χ2v) is 5.42. The van der Waals surface area contributed by atoms with Crippen molar-refractivity contribution in [1.29, 1.82) is 0 Å². The Morgan fingerprint density at radius 2 is 1.38 bits per heavy atom. The van der Waals surface area contributed by atoms with Gasteiger partial charge < -0.3 is 10.6 Å². The van der Waals surface area contributed by atoms with Gasteiger partial charge in [-0.05, 0) is 56.2 Å². The number of hydrogen-bond donors (Lipinski definition) is 2. The summed E-state index contributed by atoms with van der Waals surface area (Å²) >= 11 is 5.19. The summed E-state index contributed by atoms with van der Waals surface area (Å²) in [6.07, 6.45) is 0. The average Bonchev–Trinajstić information content (AvgIpc) is 2.32. The molecule has 2 aromatic rings. The van der Waals surface area contributed by atoms with Crippen LogP contribution in [0.4, 0.5) is 20.2 Å². The van der Waals surface area contributed by atoms with Gasteiger partial charge in [-0.25, -0.2) is 8.78 Å². The number of aryl methyl sites for hydroxylation is 3. The first kappa shape index (κ1) is 15.4. The van der Waals surface area contributed by atoms with E-state index >= 15 is 0 Å². The Labute approximate surface area is 128 Å². The van der Waals surface area contributed by atoms with Crippen molar-refractivity contribution in [2.24, 2.45) is 0 Å². The number of anilines is 2. The number of halogens is 2. The smallest absolute Gasteiger partial charge is 0.175 e. The first-order valence-corrected chi connectivity index (χ1v) is 6.88. The molecule has 0 saturated heterocycles. The highest BCUT2D eigenvalue weighted by molar-refractivity contribution is 7.80. The summed E-state index contributed by atoms with van der Waals surface area (Å²) in [5.41, 5.74) is 4.45. The predicted molar refractivity (Wildman–Crippen MR) is 86.9 cm³/mol. The van der Waals surface area contributed by atoms with Gasteiger partial charge in [0.1, 0.15) is 11.6 Å². The highest BCUT2D eigenvalue weighted by atomic mass is 32.1. The molecule has 0 amide bonds. The summed E-state index contributed by atoms with van der Waals surface area (Å²) in [4.78, 5) is 0. The molecule has 2 rings (SSSR count). The molecule has 0 aliphatic carbocycles. The maximum Gasteiger partial charge on any atom is 0.175 e. The van der Waals surface area contributed by atoms with Crippen molar-refractivity contribution < 1.29 is 8.78 Å². The van der Waals surface area contributed by atoms with Gasteiger partial charge in [0.05, 0.1) is 0 Å². The number of hydrogen-bond acceptors (Lipinski definition) is 1. The lowest BCUT2D eigenvalue weighted by molar-refractivity contribution is 0.584. The first-order valence-electron chi connectivity index (χ1n) is 6.47. The molecular weight excluding hydrogens is 290 g/mol. The summed E-state index contributed by atoms with van der Waals surface area (Å²) in [6, 6.07) is 7.27. The van der Waals surface area contributed by atoms with E-state index in [1.807, 2.05) is 32.9 Å². The molecule has 21 heavy (non-hydrogen) atoms. The minimum Gasteiger partial charge on any atom is -0.332 e. The zero-order valence-corrected chi connectivity index (χ0v) is 12.9. The molecule has 0 heterocycles. The molecule has 0 saturated carbocycles. The number of benzene rings is 2. The third-order valence-corrected chi connectivity index (χ3v) is 3.24. The van der Waals surface area contributed by atoms with Crippen molar-refractivity contribution in [3.8, 4) is 0 Å². The van der Waals surface area contributed by atoms with E-state index in [0.717, 1.165) is 22.9 Å². The van der Waals surface area contributed by atoms with Gasteiger partial charge in [0.25, 0.3) is 0 Å². The minimum absolute atomic E-state index is 0.271. The lowest BCUT2D eigenvalue weighted by atomic mass is 10.1. The summed E-state index contributed by atoms with van der Waals surface area (Å²) in [5.74, 6) is -1.30. The van der Waals surface area contributed by atoms with Gasteiger partial charge >= 0.3 is 0 Å². The molecule has 5 heteroatoms. The van der Waals surface area contributed by atoms with Gasteiger partial charge in [0.15, 0.2) is 5.11 Å². The van der Waals surface area contributed by atoms with E-state index in [-0.39, 0.29) is 10.8 Å². The van der Waals surface area contributed by atoms with Crippen LogP contribution in [0.3, 0.4) is 0 Å². The Kier molecular flexibility index (Phi) is 4.53. The molecule has 0 aliphatic heterocycles. The minimum atomic E-state index is -0.650. The van der Waals surface area contributed by atoms with Crippen molar-refractivity contribution in [2.45, 2.75) is 20.8 Å². The molecule has 2 aromatic carbocycles. The first-order chi connectivity index (χ1) is 9.85. The summed E-state index contributed by atoms with van der Waals surface area (Å²) < 4.78 is 26.3. The molecule has 110 valence electrons. The van der Waals surface area contributed by atoms with Crippen LogP contribution >= 0.6 is 12.2 Å². The fourth-order valence-electron chi connectivity index (χ4n) is 2.28. The summed E-state index contributed by atoms with van der Waals surface area (Å²) in [5, 5.41) is 6.14. The highest BCUT2D eigenvalue weighted by Gasteiger charge is 2.07. The quantitative estimate of drug-likeness (QED) is 0.787. The van der Waals surface area contributed by atoms with E-state index in [9.17, 15) is 8.78 Å². The maximum absolute atomic E-state index is 13.1. The standard InChI is InChI=1S/C16H16F2N2S/c1-9-4-10(2)15(11(3)5-9)20-16(21)19-14-7-12(17)6-13(18)8-14/h4-8H,1-3H3,(H2,19,20,21). The molecule has 0 spiro atoms. The topological polar surface area (TPSA) is 24.1 Å². The van der Waals surface area contributed by atoms with Gasteiger partial charge in [0, 0.05) is 17.4 Å². The predicted octanol–water partition coefficient (Wildman–Crippen LogP) is 4.70. The number of nitrogens with one attached hydrogen (secondary N) is 2. The Morgan fingerprint density at radius 3 is 1.90 bits per heavy atom. The van der Waals surface area contributed by atoms with Crippen LogP contribution in [0.2, 0.25) is 0 Å². The van der Waals surface area contributed by atoms with E-state index < -0.39 is 11.6 Å². The second-order valence-electron chi connectivity index (χ2n) is 5.01. The van der Waals surface area contributed by atoms with Crippen LogP contribution in [0.1, 0.15) is 16.7 Å². The SMILES string of the molecule is Cc1cc(C)c(NC(=S)Nc2cc(F)cc(F)c2)c(C)c1. The molecule has 0 bridgehead atoms. The van der Waals surface area contributed by atoms with E-state index in [4.69, 9.17) is 12.2 Å². The van der Waals surface area contributed by atoms with Crippen molar-refractivity contribution in [1.82, 2.24) is 0 Å². The third-order valence-electron chi connectivity index (χ3n) is 3.04. The number of thiocarbonyl (C=S) groups is 1. The number of rotatable bonds is 2. The molecule has 0 unspecified atom stereocenters. The van der Waals surface area contributed by atoms with Crippen LogP contribution in [0.25, 0.3) is 0 Å². The van der Waals surface area contributed by atoms with Gasteiger partial charge in [-0.3, -0.25) is 0 Å². The molecule has 0 radical (unpaired) electrons. The van der Waals surface area contributed by atoms with Crippen LogP contribution in [0, 0.1) is 32.4 Å². The van der Waals surface area contributed by atoms with Crippen LogP contribution < -0.4 is 10.6 Å². The van der Waals surface area contributed by atoms with Gasteiger partial charge in [-0.2, -0.15) is 0 Å². The highest BCUT2D eigenvalue weighted by Crippen LogP contribution is 2.22. The fourth-order valence-corrected chi connectivity index (χ4v) is 2.50. The van der Waals surface area contributed by atoms with Crippen LogP contribution in [-0.2, 0) is 0 Å². The Bertz CT molecular complexity index is 655. The van der Waals surface area contributed by atoms with Crippen molar-refractivity contribution in [3.63, 3.8) is 0 Å². The van der Waals surface area contributed by atoms with E-state index in [1.54, 1.807) is 0 Å². The summed E-state index contributed by atoms with van der Waals surface area (Å²) in [7, 11) is 0. The fraction of sp³-hybridized carbons (Fsp3) is 0.188. The largest absolute Gasteiger partial charge is 0.332 e. The molecule has 0 aromatic heterocycles. The molecule has 2 N–H and O–H groups in total. The van der Waals surface area contributed by atoms with E-state index in [1.165, 1.54) is 17.7 Å². The van der Waals surface area contributed by atoms with Crippen LogP contribution in [0.5, 0.6) is 0 Å². The normalized spacial score (nSPS) is 10.3.